The van der Waals surface area contributed by atoms with Crippen LogP contribution in [-0.4, -0.2) is 42.4 Å². The number of carboxylic acids is 1. The lowest BCUT2D eigenvalue weighted by Gasteiger charge is -2.14. The zero-order valence-corrected chi connectivity index (χ0v) is 37.9. The van der Waals surface area contributed by atoms with Gasteiger partial charge in [-0.15, -0.1) is 0 Å². The number of carboxylic acid groups (broad SMARTS) is 1. The van der Waals surface area contributed by atoms with Gasteiger partial charge in [-0.2, -0.15) is 10.2 Å². The number of nitrogens with zero attached hydrogens (tertiary/aromatic N) is 4. The molecule has 8 nitrogen and oxygen atoms in total. The fourth-order valence-electron chi connectivity index (χ4n) is 8.75. The maximum atomic E-state index is 11.0. The molecule has 2 N–H and O–H groups in total. The van der Waals surface area contributed by atoms with E-state index in [-0.39, 0.29) is 12.4 Å². The van der Waals surface area contributed by atoms with Gasteiger partial charge in [-0.3, -0.25) is 0 Å². The number of aromatic hydroxyl groups is 1. The topological polar surface area (TPSA) is 102 Å². The van der Waals surface area contributed by atoms with Crippen LogP contribution in [0, 0.1) is 0 Å². The first-order valence-electron chi connectivity index (χ1n) is 22.8. The summed E-state index contributed by atoms with van der Waals surface area (Å²) in [5, 5.41) is 29.4. The lowest BCUT2D eigenvalue weighted by molar-refractivity contribution is -0.139. The molecule has 8 aromatic carbocycles. The number of rotatable bonds is 13. The average Bonchev–Trinajstić information content (AvgIpc) is 3.99. The largest absolute Gasteiger partial charge is 0.508 e. The molecule has 10 aromatic rings. The molecule has 0 aliphatic heterocycles. The first-order valence-corrected chi connectivity index (χ1v) is 22.8. The summed E-state index contributed by atoms with van der Waals surface area (Å²) in [7, 11) is 0. The van der Waals surface area contributed by atoms with Crippen molar-refractivity contribution in [3.8, 4) is 89.9 Å². The van der Waals surface area contributed by atoms with Crippen LogP contribution in [0.4, 0.5) is 0 Å². The van der Waals surface area contributed by atoms with Crippen LogP contribution in [-0.2, 0) is 17.6 Å². The van der Waals surface area contributed by atoms with Gasteiger partial charge in [0.05, 0.1) is 22.8 Å². The maximum absolute atomic E-state index is 11.0. The second-order valence-corrected chi connectivity index (χ2v) is 16.1. The van der Waals surface area contributed by atoms with Gasteiger partial charge in [0.25, 0.3) is 0 Å². The zero-order chi connectivity index (χ0) is 46.8. The molecule has 0 aliphatic rings. The zero-order valence-electron chi connectivity index (χ0n) is 37.9. The molecule has 334 valence electrons. The molecule has 0 saturated heterocycles. The molecular formula is C60H50N4O4. The number of hydrogen-bond acceptors (Lipinski definition) is 5. The number of aromatic nitrogens is 4. The van der Waals surface area contributed by atoms with Gasteiger partial charge in [-0.05, 0) is 71.5 Å². The van der Waals surface area contributed by atoms with Crippen LogP contribution in [0.15, 0.2) is 218 Å². The molecule has 0 spiro atoms. The van der Waals surface area contributed by atoms with Gasteiger partial charge in [0.15, 0.2) is 6.61 Å². The first-order chi connectivity index (χ1) is 33.4. The molecule has 2 aromatic heterocycles. The van der Waals surface area contributed by atoms with Crippen molar-refractivity contribution in [3.05, 3.63) is 230 Å². The molecule has 0 radical (unpaired) electrons. The average molecular weight is 891 g/mol. The Kier molecular flexibility index (Phi) is 13.5. The number of hydrogen-bond donors (Lipinski definition) is 2. The van der Waals surface area contributed by atoms with E-state index < -0.39 is 5.97 Å². The molecule has 0 bridgehead atoms. The second kappa shape index (κ2) is 20.6. The third-order valence-electron chi connectivity index (χ3n) is 11.8. The van der Waals surface area contributed by atoms with Crippen molar-refractivity contribution in [2.24, 2.45) is 0 Å². The molecule has 0 amide bonds. The van der Waals surface area contributed by atoms with Crippen LogP contribution >= 0.6 is 0 Å². The monoisotopic (exact) mass is 890 g/mol. The van der Waals surface area contributed by atoms with E-state index in [2.05, 4.69) is 128 Å². The summed E-state index contributed by atoms with van der Waals surface area (Å²) < 4.78 is 9.56. The van der Waals surface area contributed by atoms with Crippen molar-refractivity contribution in [2.45, 2.75) is 26.7 Å². The highest BCUT2D eigenvalue weighted by Gasteiger charge is 2.24. The summed E-state index contributed by atoms with van der Waals surface area (Å²) in [5.74, 6) is -0.244. The predicted molar refractivity (Wildman–Crippen MR) is 273 cm³/mol. The van der Waals surface area contributed by atoms with Gasteiger partial charge < -0.3 is 14.9 Å². The summed E-state index contributed by atoms with van der Waals surface area (Å²) in [6.45, 7) is 3.94. The van der Waals surface area contributed by atoms with E-state index in [0.29, 0.717) is 5.75 Å². The molecule has 10 rings (SSSR count). The molecule has 8 heteroatoms. The van der Waals surface area contributed by atoms with Crippen molar-refractivity contribution in [1.29, 1.82) is 0 Å². The standard InChI is InChI=1S/C31H26N2O3.C29H24N2O/c1-2-27-30(22-12-5-3-6-13-22)31(23-14-7-4-8-15-23)32-33(27)28-19-10-9-18-26(28)24-16-11-17-25(20-24)36-21-29(34)35;1-2-26-28(21-12-5-3-6-13-21)29(22-14-7-4-8-15-22)30-31(26)27-19-10-9-18-25(27)23-16-11-17-24(32)20-23/h3-20H,2,21H2,1H3,(H,34,35);3-20,32H,2H2,1H3. The smallest absolute Gasteiger partial charge is 0.341 e. The Morgan fingerprint density at radius 3 is 1.26 bits per heavy atom. The van der Waals surface area contributed by atoms with Crippen molar-refractivity contribution < 1.29 is 19.7 Å². The Bertz CT molecular complexity index is 3290. The summed E-state index contributed by atoms with van der Waals surface area (Å²) in [6, 6.07) is 72.7. The van der Waals surface area contributed by atoms with Crippen molar-refractivity contribution >= 4 is 5.97 Å². The van der Waals surface area contributed by atoms with Crippen LogP contribution in [0.3, 0.4) is 0 Å². The third kappa shape index (κ3) is 9.48. The van der Waals surface area contributed by atoms with Gasteiger partial charge in [0.1, 0.15) is 22.9 Å². The Hall–Kier alpha value is -8.75. The van der Waals surface area contributed by atoms with Crippen LogP contribution in [0.1, 0.15) is 25.2 Å². The minimum absolute atomic E-state index is 0.253. The number of aliphatic carboxylic acids is 1. The molecule has 0 atom stereocenters. The predicted octanol–water partition coefficient (Wildman–Crippen LogP) is 14.0. The SMILES string of the molecule is CCc1c(-c2ccccc2)c(-c2ccccc2)nn1-c1ccccc1-c1cccc(O)c1.CCc1c(-c2ccccc2)c(-c2ccccc2)nn1-c1ccccc1-c1cccc(OCC(=O)O)c1. The van der Waals surface area contributed by atoms with Crippen LogP contribution in [0.25, 0.3) is 78.4 Å². The number of phenolic OH excluding ortho intramolecular Hbond substituents is 1. The second-order valence-electron chi connectivity index (χ2n) is 16.1. The highest BCUT2D eigenvalue weighted by atomic mass is 16.5. The molecule has 0 saturated carbocycles. The summed E-state index contributed by atoms with van der Waals surface area (Å²) in [6.07, 6.45) is 1.62. The number of phenols is 1. The van der Waals surface area contributed by atoms with Gasteiger partial charge in [0, 0.05) is 33.4 Å². The Morgan fingerprint density at radius 2 is 0.838 bits per heavy atom. The van der Waals surface area contributed by atoms with Gasteiger partial charge in [0.2, 0.25) is 0 Å². The molecule has 2 heterocycles. The molecule has 68 heavy (non-hydrogen) atoms. The van der Waals surface area contributed by atoms with E-state index in [0.717, 1.165) is 103 Å². The van der Waals surface area contributed by atoms with Gasteiger partial charge in [-0.25, -0.2) is 14.2 Å². The van der Waals surface area contributed by atoms with Crippen molar-refractivity contribution in [1.82, 2.24) is 19.6 Å². The van der Waals surface area contributed by atoms with E-state index in [4.69, 9.17) is 20.0 Å². The van der Waals surface area contributed by atoms with Crippen LogP contribution in [0.2, 0.25) is 0 Å². The van der Waals surface area contributed by atoms with E-state index >= 15 is 0 Å². The fraction of sp³-hybridized carbons (Fsp3) is 0.0833. The quantitative estimate of drug-likeness (QED) is 0.120. The number of benzene rings is 8. The minimum atomic E-state index is -1.01. The Balaban J connectivity index is 0.000000171. The lowest BCUT2D eigenvalue weighted by Crippen LogP contribution is -2.09. The maximum Gasteiger partial charge on any atom is 0.341 e. The summed E-state index contributed by atoms with van der Waals surface area (Å²) >= 11 is 0. The first kappa shape index (κ1) is 44.5. The van der Waals surface area contributed by atoms with Crippen LogP contribution < -0.4 is 4.74 Å². The van der Waals surface area contributed by atoms with Gasteiger partial charge in [-0.1, -0.05) is 196 Å². The molecule has 0 unspecified atom stereocenters. The lowest BCUT2D eigenvalue weighted by atomic mass is 9.97. The van der Waals surface area contributed by atoms with E-state index in [1.807, 2.05) is 95.7 Å². The van der Waals surface area contributed by atoms with Gasteiger partial charge >= 0.3 is 5.97 Å². The fourth-order valence-corrected chi connectivity index (χ4v) is 8.75. The molecule has 0 fully saturated rings. The molecular weight excluding hydrogens is 841 g/mol. The van der Waals surface area contributed by atoms with Crippen molar-refractivity contribution in [3.63, 3.8) is 0 Å². The van der Waals surface area contributed by atoms with Crippen LogP contribution in [0.5, 0.6) is 11.5 Å². The number of para-hydroxylation sites is 2. The highest BCUT2D eigenvalue weighted by Crippen LogP contribution is 2.40. The van der Waals surface area contributed by atoms with E-state index in [1.54, 1.807) is 18.2 Å². The summed E-state index contributed by atoms with van der Waals surface area (Å²) in [5.41, 5.74) is 16.7. The van der Waals surface area contributed by atoms with Crippen molar-refractivity contribution in [2.75, 3.05) is 6.61 Å². The normalized spacial score (nSPS) is 10.9. The Labute approximate surface area is 396 Å². The number of carbonyl (C=O) groups is 1. The highest BCUT2D eigenvalue weighted by molar-refractivity contribution is 5.86. The minimum Gasteiger partial charge on any atom is -0.508 e. The van der Waals surface area contributed by atoms with E-state index in [9.17, 15) is 9.90 Å². The third-order valence-corrected chi connectivity index (χ3v) is 11.8. The molecule has 0 aliphatic carbocycles. The Morgan fingerprint density at radius 1 is 0.456 bits per heavy atom. The summed E-state index contributed by atoms with van der Waals surface area (Å²) in [4.78, 5) is 11.0. The number of ether oxygens (including phenoxy) is 1. The van der Waals surface area contributed by atoms with E-state index in [1.165, 1.54) is 0 Å².